The Bertz CT molecular complexity index is 885. The minimum atomic E-state index is -0.284. The Labute approximate surface area is 153 Å². The van der Waals surface area contributed by atoms with Crippen molar-refractivity contribution < 1.29 is 9.84 Å². The summed E-state index contributed by atoms with van der Waals surface area (Å²) in [7, 11) is 0. The lowest BCUT2D eigenvalue weighted by Gasteiger charge is -2.11. The van der Waals surface area contributed by atoms with E-state index in [-0.39, 0.29) is 6.01 Å². The minimum Gasteiger partial charge on any atom is -0.493 e. The van der Waals surface area contributed by atoms with Crippen LogP contribution in [-0.2, 0) is 0 Å². The average molecular weight is 349 g/mol. The van der Waals surface area contributed by atoms with Crippen LogP contribution in [0.25, 0.3) is 22.8 Å². The van der Waals surface area contributed by atoms with Crippen molar-refractivity contribution in [1.82, 2.24) is 15.0 Å². The van der Waals surface area contributed by atoms with Crippen LogP contribution in [-0.4, -0.2) is 26.7 Å². The van der Waals surface area contributed by atoms with E-state index in [0.717, 1.165) is 28.0 Å². The van der Waals surface area contributed by atoms with Gasteiger partial charge in [-0.25, -0.2) is 4.98 Å². The molecule has 0 atom stereocenters. The SMILES string of the molecule is Cc1cccc(C)c1-c1nc(O)nc(-c2ccc(OCC(C)C)cc2)n1. The van der Waals surface area contributed by atoms with E-state index >= 15 is 0 Å². The zero-order valence-electron chi connectivity index (χ0n) is 15.5. The lowest BCUT2D eigenvalue weighted by Crippen LogP contribution is -2.04. The molecule has 2 aromatic carbocycles. The smallest absolute Gasteiger partial charge is 0.318 e. The van der Waals surface area contributed by atoms with Crippen LogP contribution in [0.3, 0.4) is 0 Å². The van der Waals surface area contributed by atoms with Crippen LogP contribution in [0.5, 0.6) is 11.8 Å². The Kier molecular flexibility index (Phi) is 5.16. The molecule has 0 unspecified atom stereocenters. The molecule has 0 radical (unpaired) electrons. The first-order valence-electron chi connectivity index (χ1n) is 8.69. The van der Waals surface area contributed by atoms with Gasteiger partial charge in [-0.1, -0.05) is 32.0 Å². The predicted molar refractivity (Wildman–Crippen MR) is 102 cm³/mol. The highest BCUT2D eigenvalue weighted by Crippen LogP contribution is 2.27. The van der Waals surface area contributed by atoms with Crippen molar-refractivity contribution in [1.29, 1.82) is 0 Å². The third-order valence-corrected chi connectivity index (χ3v) is 4.02. The van der Waals surface area contributed by atoms with E-state index in [1.165, 1.54) is 0 Å². The van der Waals surface area contributed by atoms with Crippen LogP contribution in [0, 0.1) is 19.8 Å². The Hall–Kier alpha value is -2.95. The molecule has 134 valence electrons. The Morgan fingerprint density at radius 2 is 1.50 bits per heavy atom. The van der Waals surface area contributed by atoms with Gasteiger partial charge < -0.3 is 9.84 Å². The molecule has 1 N–H and O–H groups in total. The molecule has 0 spiro atoms. The monoisotopic (exact) mass is 349 g/mol. The molecular weight excluding hydrogens is 326 g/mol. The summed E-state index contributed by atoms with van der Waals surface area (Å²) in [6, 6.07) is 13.3. The molecule has 0 bridgehead atoms. The van der Waals surface area contributed by atoms with Gasteiger partial charge in [0.25, 0.3) is 0 Å². The number of aromatic hydroxyl groups is 1. The molecule has 3 aromatic rings. The summed E-state index contributed by atoms with van der Waals surface area (Å²) in [5, 5.41) is 10.0. The fourth-order valence-electron chi connectivity index (χ4n) is 2.74. The van der Waals surface area contributed by atoms with Gasteiger partial charge in [0.1, 0.15) is 5.75 Å². The Morgan fingerprint density at radius 1 is 0.885 bits per heavy atom. The lowest BCUT2D eigenvalue weighted by molar-refractivity contribution is 0.271. The van der Waals surface area contributed by atoms with E-state index in [4.69, 9.17) is 4.74 Å². The fraction of sp³-hybridized carbons (Fsp3) is 0.286. The van der Waals surface area contributed by atoms with E-state index in [2.05, 4.69) is 28.8 Å². The van der Waals surface area contributed by atoms with E-state index in [1.807, 2.05) is 56.3 Å². The third-order valence-electron chi connectivity index (χ3n) is 4.02. The maximum Gasteiger partial charge on any atom is 0.318 e. The van der Waals surface area contributed by atoms with Crippen molar-refractivity contribution in [3.8, 4) is 34.5 Å². The summed E-state index contributed by atoms with van der Waals surface area (Å²) < 4.78 is 5.70. The molecule has 1 heterocycles. The van der Waals surface area contributed by atoms with Crippen molar-refractivity contribution in [2.75, 3.05) is 6.61 Å². The third kappa shape index (κ3) is 3.99. The Morgan fingerprint density at radius 3 is 2.12 bits per heavy atom. The molecule has 1 aromatic heterocycles. The number of benzene rings is 2. The van der Waals surface area contributed by atoms with E-state index < -0.39 is 0 Å². The summed E-state index contributed by atoms with van der Waals surface area (Å²) in [6.07, 6.45) is 0. The number of rotatable bonds is 5. The van der Waals surface area contributed by atoms with Crippen molar-refractivity contribution in [2.24, 2.45) is 5.92 Å². The van der Waals surface area contributed by atoms with Crippen molar-refractivity contribution in [3.63, 3.8) is 0 Å². The Balaban J connectivity index is 1.95. The summed E-state index contributed by atoms with van der Waals surface area (Å²) in [4.78, 5) is 12.8. The molecule has 5 heteroatoms. The van der Waals surface area contributed by atoms with Crippen LogP contribution in [0.15, 0.2) is 42.5 Å². The summed E-state index contributed by atoms with van der Waals surface area (Å²) in [5.41, 5.74) is 3.83. The van der Waals surface area contributed by atoms with E-state index in [0.29, 0.717) is 24.2 Å². The van der Waals surface area contributed by atoms with Gasteiger partial charge in [0, 0.05) is 11.1 Å². The van der Waals surface area contributed by atoms with Crippen molar-refractivity contribution in [2.45, 2.75) is 27.7 Å². The van der Waals surface area contributed by atoms with Crippen LogP contribution in [0.4, 0.5) is 0 Å². The van der Waals surface area contributed by atoms with Gasteiger partial charge >= 0.3 is 6.01 Å². The minimum absolute atomic E-state index is 0.284. The molecule has 0 saturated heterocycles. The maximum absolute atomic E-state index is 10.0. The largest absolute Gasteiger partial charge is 0.493 e. The summed E-state index contributed by atoms with van der Waals surface area (Å²) in [5.74, 6) is 2.18. The number of hydrogen-bond acceptors (Lipinski definition) is 5. The molecule has 0 aliphatic carbocycles. The van der Waals surface area contributed by atoms with Gasteiger partial charge in [-0.05, 0) is 55.2 Å². The number of aryl methyl sites for hydroxylation is 2. The molecular formula is C21H23N3O2. The average Bonchev–Trinajstić information content (AvgIpc) is 2.60. The van der Waals surface area contributed by atoms with Gasteiger partial charge in [0.05, 0.1) is 6.61 Å². The number of ether oxygens (including phenoxy) is 1. The van der Waals surface area contributed by atoms with Crippen LogP contribution >= 0.6 is 0 Å². The lowest BCUT2D eigenvalue weighted by atomic mass is 10.0. The number of aromatic nitrogens is 3. The predicted octanol–water partition coefficient (Wildman–Crippen LogP) is 4.56. The summed E-state index contributed by atoms with van der Waals surface area (Å²) in [6.45, 7) is 8.89. The molecule has 5 nitrogen and oxygen atoms in total. The normalized spacial score (nSPS) is 11.0. The summed E-state index contributed by atoms with van der Waals surface area (Å²) >= 11 is 0. The molecule has 0 amide bonds. The van der Waals surface area contributed by atoms with Crippen LogP contribution in [0.2, 0.25) is 0 Å². The molecule has 0 aliphatic rings. The number of hydrogen-bond donors (Lipinski definition) is 1. The second-order valence-electron chi connectivity index (χ2n) is 6.78. The van der Waals surface area contributed by atoms with Gasteiger partial charge in [-0.3, -0.25) is 0 Å². The van der Waals surface area contributed by atoms with Crippen LogP contribution < -0.4 is 4.74 Å². The van der Waals surface area contributed by atoms with E-state index in [1.54, 1.807) is 0 Å². The topological polar surface area (TPSA) is 68.1 Å². The van der Waals surface area contributed by atoms with Gasteiger partial charge in [0.15, 0.2) is 11.6 Å². The highest BCUT2D eigenvalue weighted by molar-refractivity contribution is 5.67. The molecule has 0 aliphatic heterocycles. The quantitative estimate of drug-likeness (QED) is 0.731. The molecule has 3 rings (SSSR count). The second kappa shape index (κ2) is 7.52. The standard InChI is InChI=1S/C21H23N3O2/c1-13(2)12-26-17-10-8-16(9-11-17)19-22-20(24-21(25)23-19)18-14(3)6-5-7-15(18)4/h5-11,13H,12H2,1-4H3,(H,22,23,24,25). The molecule has 0 saturated carbocycles. The zero-order chi connectivity index (χ0) is 18.7. The van der Waals surface area contributed by atoms with Crippen molar-refractivity contribution in [3.05, 3.63) is 53.6 Å². The molecule has 0 fully saturated rings. The maximum atomic E-state index is 10.0. The number of nitrogens with zero attached hydrogens (tertiary/aromatic N) is 3. The highest BCUT2D eigenvalue weighted by Gasteiger charge is 2.13. The first-order chi connectivity index (χ1) is 12.4. The van der Waals surface area contributed by atoms with Gasteiger partial charge in [-0.15, -0.1) is 0 Å². The second-order valence-corrected chi connectivity index (χ2v) is 6.78. The van der Waals surface area contributed by atoms with Crippen molar-refractivity contribution >= 4 is 0 Å². The van der Waals surface area contributed by atoms with Gasteiger partial charge in [0.2, 0.25) is 0 Å². The van der Waals surface area contributed by atoms with E-state index in [9.17, 15) is 5.11 Å². The zero-order valence-corrected chi connectivity index (χ0v) is 15.5. The highest BCUT2D eigenvalue weighted by atomic mass is 16.5. The molecule has 26 heavy (non-hydrogen) atoms. The first kappa shape index (κ1) is 17.9. The fourth-order valence-corrected chi connectivity index (χ4v) is 2.74. The first-order valence-corrected chi connectivity index (χ1v) is 8.69. The van der Waals surface area contributed by atoms with Gasteiger partial charge in [-0.2, -0.15) is 9.97 Å². The van der Waals surface area contributed by atoms with Crippen LogP contribution in [0.1, 0.15) is 25.0 Å².